The zero-order chi connectivity index (χ0) is 20.6. The Morgan fingerprint density at radius 1 is 1.32 bits per heavy atom. The van der Waals surface area contributed by atoms with Gasteiger partial charge in [0.25, 0.3) is 5.91 Å². The molecule has 0 aliphatic rings. The van der Waals surface area contributed by atoms with Crippen LogP contribution in [0, 0.1) is 0 Å². The third-order valence-electron chi connectivity index (χ3n) is 3.97. The number of benzene rings is 1. The molecule has 2 aromatic rings. The van der Waals surface area contributed by atoms with E-state index in [2.05, 4.69) is 15.3 Å². The quantitative estimate of drug-likeness (QED) is 0.607. The summed E-state index contributed by atoms with van der Waals surface area (Å²) in [4.78, 5) is 20.8. The van der Waals surface area contributed by atoms with Crippen LogP contribution < -0.4 is 16.8 Å². The third kappa shape index (κ3) is 5.92. The number of ether oxygens (including phenoxy) is 1. The third-order valence-corrected chi connectivity index (χ3v) is 3.97. The molecule has 1 aromatic heterocycles. The molecule has 2 rings (SSSR count). The zero-order valence-corrected chi connectivity index (χ0v) is 16.5. The highest BCUT2D eigenvalue weighted by atomic mass is 16.5. The highest BCUT2D eigenvalue weighted by Gasteiger charge is 2.23. The second kappa shape index (κ2) is 9.66. The molecule has 1 amide bonds. The number of nitrogen functional groups attached to an aromatic ring is 1. The van der Waals surface area contributed by atoms with Crippen LogP contribution in [0.4, 0.5) is 5.82 Å². The van der Waals surface area contributed by atoms with Crippen LogP contribution in [-0.4, -0.2) is 36.3 Å². The summed E-state index contributed by atoms with van der Waals surface area (Å²) < 4.78 is 5.76. The number of carbonyl (C=O) groups excluding carboxylic acids is 1. The summed E-state index contributed by atoms with van der Waals surface area (Å²) in [7, 11) is 1.64. The van der Waals surface area contributed by atoms with Crippen LogP contribution >= 0.6 is 0 Å². The van der Waals surface area contributed by atoms with E-state index in [1.165, 1.54) is 6.20 Å². The average Bonchev–Trinajstić information content (AvgIpc) is 2.67. The van der Waals surface area contributed by atoms with E-state index in [-0.39, 0.29) is 17.3 Å². The summed E-state index contributed by atoms with van der Waals surface area (Å²) in [6.45, 7) is 4.59. The summed E-state index contributed by atoms with van der Waals surface area (Å²) in [5.74, 6) is -0.183. The van der Waals surface area contributed by atoms with Gasteiger partial charge in [-0.25, -0.2) is 4.98 Å². The fraction of sp³-hybridized carbons (Fsp3) is 0.286. The molecule has 5 N–H and O–H groups in total. The van der Waals surface area contributed by atoms with Gasteiger partial charge in [-0.1, -0.05) is 30.3 Å². The highest BCUT2D eigenvalue weighted by Crippen LogP contribution is 2.18. The Hall–Kier alpha value is -3.19. The van der Waals surface area contributed by atoms with E-state index in [9.17, 15) is 4.79 Å². The van der Waals surface area contributed by atoms with Crippen molar-refractivity contribution in [2.24, 2.45) is 10.7 Å². The van der Waals surface area contributed by atoms with Crippen molar-refractivity contribution >= 4 is 23.5 Å². The molecule has 0 fully saturated rings. The van der Waals surface area contributed by atoms with Crippen LogP contribution in [0.3, 0.4) is 0 Å². The van der Waals surface area contributed by atoms with E-state index in [0.717, 1.165) is 5.56 Å². The Labute approximate surface area is 165 Å². The standard InChI is InChI=1S/C21H27N5O2/c1-21(2,14-28-13-15-7-5-4-6-8-15)26-20(27)18-9-16(12-25-19(18)23)17(10-22)11-24-3/h4-12H,13-14,22H2,1-3H3,(H2,23,25)(H,26,27). The molecule has 0 saturated heterocycles. The van der Waals surface area contributed by atoms with Crippen molar-refractivity contribution in [1.82, 2.24) is 10.3 Å². The van der Waals surface area contributed by atoms with Gasteiger partial charge in [-0.15, -0.1) is 0 Å². The minimum atomic E-state index is -0.592. The second-order valence-electron chi connectivity index (χ2n) is 6.98. The van der Waals surface area contributed by atoms with Gasteiger partial charge in [0.15, 0.2) is 0 Å². The molecule has 7 nitrogen and oxygen atoms in total. The molecule has 1 heterocycles. The number of aromatic nitrogens is 1. The van der Waals surface area contributed by atoms with Crippen LogP contribution in [0.5, 0.6) is 0 Å². The maximum absolute atomic E-state index is 12.8. The fourth-order valence-corrected chi connectivity index (χ4v) is 2.58. The summed E-state index contributed by atoms with van der Waals surface area (Å²) in [6.07, 6.45) is 4.56. The number of anilines is 1. The Balaban J connectivity index is 2.06. The monoisotopic (exact) mass is 381 g/mol. The summed E-state index contributed by atoms with van der Waals surface area (Å²) in [5.41, 5.74) is 13.6. The number of nitrogens with one attached hydrogen (secondary N) is 1. The highest BCUT2D eigenvalue weighted by molar-refractivity contribution is 6.10. The molecule has 0 atom stereocenters. The first-order valence-electron chi connectivity index (χ1n) is 8.90. The zero-order valence-electron chi connectivity index (χ0n) is 16.5. The average molecular weight is 381 g/mol. The molecule has 7 heteroatoms. The predicted molar refractivity (Wildman–Crippen MR) is 113 cm³/mol. The Bertz CT molecular complexity index is 860. The maximum Gasteiger partial charge on any atom is 0.255 e. The van der Waals surface area contributed by atoms with Crippen molar-refractivity contribution in [2.75, 3.05) is 19.4 Å². The molecule has 148 valence electrons. The van der Waals surface area contributed by atoms with E-state index in [1.54, 1.807) is 25.5 Å². The lowest BCUT2D eigenvalue weighted by Gasteiger charge is -2.26. The molecule has 0 aliphatic heterocycles. The van der Waals surface area contributed by atoms with Gasteiger partial charge in [-0.05, 0) is 25.5 Å². The second-order valence-corrected chi connectivity index (χ2v) is 6.98. The van der Waals surface area contributed by atoms with Crippen molar-refractivity contribution in [1.29, 1.82) is 0 Å². The van der Waals surface area contributed by atoms with Crippen LogP contribution in [-0.2, 0) is 11.3 Å². The van der Waals surface area contributed by atoms with Crippen molar-refractivity contribution in [3.63, 3.8) is 0 Å². The number of hydrogen-bond donors (Lipinski definition) is 3. The Morgan fingerprint density at radius 3 is 2.68 bits per heavy atom. The molecule has 0 saturated carbocycles. The van der Waals surface area contributed by atoms with Gasteiger partial charge in [0, 0.05) is 36.8 Å². The molecule has 0 bridgehead atoms. The Morgan fingerprint density at radius 2 is 2.04 bits per heavy atom. The fourth-order valence-electron chi connectivity index (χ4n) is 2.58. The van der Waals surface area contributed by atoms with Crippen molar-refractivity contribution in [3.8, 4) is 0 Å². The van der Waals surface area contributed by atoms with Crippen molar-refractivity contribution in [3.05, 3.63) is 65.5 Å². The van der Waals surface area contributed by atoms with Gasteiger partial charge in [-0.3, -0.25) is 9.79 Å². The first-order chi connectivity index (χ1) is 13.4. The molecule has 1 aromatic carbocycles. The van der Waals surface area contributed by atoms with Gasteiger partial charge >= 0.3 is 0 Å². The minimum Gasteiger partial charge on any atom is -0.404 e. The number of allylic oxidation sites excluding steroid dienone is 1. The number of aliphatic imine (C=N–C) groups is 1. The number of hydrogen-bond acceptors (Lipinski definition) is 6. The van der Waals surface area contributed by atoms with E-state index in [0.29, 0.717) is 24.4 Å². The van der Waals surface area contributed by atoms with Crippen LogP contribution in [0.2, 0.25) is 0 Å². The first kappa shape index (κ1) is 21.1. The number of amides is 1. The number of nitrogens with two attached hydrogens (primary N) is 2. The lowest BCUT2D eigenvalue weighted by molar-refractivity contribution is 0.0617. The van der Waals surface area contributed by atoms with Crippen molar-refractivity contribution in [2.45, 2.75) is 26.0 Å². The van der Waals surface area contributed by atoms with E-state index in [1.807, 2.05) is 44.2 Å². The smallest absolute Gasteiger partial charge is 0.255 e. The number of rotatable bonds is 8. The lowest BCUT2D eigenvalue weighted by Crippen LogP contribution is -2.47. The molecule has 0 aliphatic carbocycles. The van der Waals surface area contributed by atoms with E-state index in [4.69, 9.17) is 16.2 Å². The minimum absolute atomic E-state index is 0.145. The van der Waals surface area contributed by atoms with Crippen LogP contribution in [0.15, 0.2) is 53.8 Å². The van der Waals surface area contributed by atoms with E-state index < -0.39 is 5.54 Å². The Kier molecular flexibility index (Phi) is 7.28. The SMILES string of the molecule is CN=CC(=CN)c1cnc(N)c(C(=O)NC(C)(C)COCc2ccccc2)c1. The lowest BCUT2D eigenvalue weighted by atomic mass is 10.0. The van der Waals surface area contributed by atoms with Gasteiger partial charge in [0.1, 0.15) is 5.82 Å². The largest absolute Gasteiger partial charge is 0.404 e. The topological polar surface area (TPSA) is 116 Å². The number of carbonyl (C=O) groups is 1. The van der Waals surface area contributed by atoms with Crippen LogP contribution in [0.25, 0.3) is 5.57 Å². The molecule has 28 heavy (non-hydrogen) atoms. The van der Waals surface area contributed by atoms with E-state index >= 15 is 0 Å². The van der Waals surface area contributed by atoms with Gasteiger partial charge < -0.3 is 21.5 Å². The predicted octanol–water partition coefficient (Wildman–Crippen LogP) is 2.39. The van der Waals surface area contributed by atoms with Gasteiger partial charge in [0.05, 0.1) is 24.3 Å². The number of nitrogens with zero attached hydrogens (tertiary/aromatic N) is 2. The normalized spacial score (nSPS) is 12.3. The summed E-state index contributed by atoms with van der Waals surface area (Å²) in [5, 5.41) is 2.95. The molecule has 0 spiro atoms. The van der Waals surface area contributed by atoms with Gasteiger partial charge in [-0.2, -0.15) is 0 Å². The molecule has 0 unspecified atom stereocenters. The molecule has 0 radical (unpaired) electrons. The number of pyridine rings is 1. The summed E-state index contributed by atoms with van der Waals surface area (Å²) >= 11 is 0. The molecular weight excluding hydrogens is 354 g/mol. The first-order valence-corrected chi connectivity index (χ1v) is 8.90. The van der Waals surface area contributed by atoms with Crippen molar-refractivity contribution < 1.29 is 9.53 Å². The molecular formula is C21H27N5O2. The maximum atomic E-state index is 12.8. The van der Waals surface area contributed by atoms with Crippen LogP contribution in [0.1, 0.15) is 35.3 Å². The van der Waals surface area contributed by atoms with Gasteiger partial charge in [0.2, 0.25) is 0 Å². The summed E-state index contributed by atoms with van der Waals surface area (Å²) in [6, 6.07) is 11.5.